The van der Waals surface area contributed by atoms with Crippen LogP contribution in [0.2, 0.25) is 0 Å². The molecule has 1 saturated heterocycles. The summed E-state index contributed by atoms with van der Waals surface area (Å²) in [4.78, 5) is 139. The minimum Gasteiger partial charge on any atom is -0.378 e. The van der Waals surface area contributed by atoms with Crippen molar-refractivity contribution in [2.75, 3.05) is 37.1 Å². The van der Waals surface area contributed by atoms with Crippen LogP contribution in [0.5, 0.6) is 0 Å². The Kier molecular flexibility index (Phi) is 24.3. The van der Waals surface area contributed by atoms with Gasteiger partial charge in [-0.1, -0.05) is 55.4 Å². The number of hydrogen-bond donors (Lipinski definition) is 10. The van der Waals surface area contributed by atoms with Gasteiger partial charge in [-0.25, -0.2) is 5.01 Å². The number of nitrogens with two attached hydrogens (primary N) is 1. The van der Waals surface area contributed by atoms with E-state index in [9.17, 15) is 47.9 Å². The molecule has 3 rings (SSSR count). The predicted molar refractivity (Wildman–Crippen MR) is 295 cm³/mol. The average molecular weight is 1080 g/mol. The highest BCUT2D eigenvalue weighted by Gasteiger charge is 2.47. The summed E-state index contributed by atoms with van der Waals surface area (Å²) < 4.78 is 0. The van der Waals surface area contributed by atoms with Crippen LogP contribution in [0, 0.1) is 23.7 Å². The van der Waals surface area contributed by atoms with E-state index in [2.05, 4.69) is 53.0 Å². The fourth-order valence-electron chi connectivity index (χ4n) is 8.94. The van der Waals surface area contributed by atoms with Crippen LogP contribution < -0.4 is 63.5 Å². The fourth-order valence-corrected chi connectivity index (χ4v) is 8.94. The Morgan fingerprint density at radius 2 is 1.38 bits per heavy atom. The SMILES string of the molecule is CC(=O)N[C@H](C(=O)N[C@H]1CCCCNC(=O)C2(C)CC(=NN2c2ccc(N(C)C)cc2)C(=O)NCCCC[C@@H](C(=O)N[C@@H](CC(C)C)C(N)=O)NC(=O)[C@H](C(C)C)NC(=O)C(C)(C)NC(=O)[C@H](CC(C)C)NC1=O)C(C)C. The van der Waals surface area contributed by atoms with E-state index in [1.807, 2.05) is 58.8 Å². The number of hydrogen-bond acceptors (Lipinski definition) is 13. The van der Waals surface area contributed by atoms with Gasteiger partial charge in [0.1, 0.15) is 53.0 Å². The molecule has 1 fully saturated rings. The van der Waals surface area contributed by atoms with E-state index in [4.69, 9.17) is 5.73 Å². The number of anilines is 2. The topological polar surface area (TPSA) is 324 Å². The molecule has 77 heavy (non-hydrogen) atoms. The maximum atomic E-state index is 14.3. The van der Waals surface area contributed by atoms with Crippen molar-refractivity contribution in [2.24, 2.45) is 34.5 Å². The van der Waals surface area contributed by atoms with Crippen molar-refractivity contribution >= 4 is 76.2 Å². The summed E-state index contributed by atoms with van der Waals surface area (Å²) >= 11 is 0. The first-order valence-corrected chi connectivity index (χ1v) is 27.0. The van der Waals surface area contributed by atoms with Crippen molar-refractivity contribution in [1.82, 2.24) is 47.9 Å². The summed E-state index contributed by atoms with van der Waals surface area (Å²) in [5.41, 5.74) is 4.18. The molecule has 11 N–H and O–H groups in total. The van der Waals surface area contributed by atoms with Gasteiger partial charge < -0.3 is 58.5 Å². The van der Waals surface area contributed by atoms with Gasteiger partial charge in [0.15, 0.2) is 0 Å². The standard InChI is InChI=1S/C54H89N13O10/c1-30(2)27-39(44(55)69)61-46(71)37-19-15-17-25-56-45(70)41-29-54(12,67(65-41)36-23-21-35(22-24-36)66(13)14)52(77)57-26-18-16-20-38(59-49(74)42(32(5)6)58-34(9)68)47(72)62-40(28-31(3)4)48(73)64-53(10,11)51(76)63-43(33(7)8)50(75)60-37/h21-24,30-33,37-40,42-43H,15-20,25-29H2,1-14H3,(H2,55,69)(H,56,70)(H,57,77)(H,58,68)(H,59,74)(H,60,75)(H,61,71)(H,62,72)(H,63,76)(H,64,73)/t37-,38-,39-,40-,42-,43-,54?/m0/s1. The summed E-state index contributed by atoms with van der Waals surface area (Å²) in [5, 5.41) is 31.2. The quantitative estimate of drug-likeness (QED) is 0.126. The highest BCUT2D eigenvalue weighted by molar-refractivity contribution is 6.40. The molecule has 0 radical (unpaired) electrons. The number of nitrogens with zero attached hydrogens (tertiary/aromatic N) is 3. The highest BCUT2D eigenvalue weighted by Crippen LogP contribution is 2.34. The second kappa shape index (κ2) is 29.1. The Morgan fingerprint density at radius 1 is 0.766 bits per heavy atom. The van der Waals surface area contributed by atoms with Gasteiger partial charge in [0.2, 0.25) is 53.2 Å². The number of fused-ring (bicyclic) bond motifs is 2. The monoisotopic (exact) mass is 1080 g/mol. The van der Waals surface area contributed by atoms with Crippen LogP contribution in [-0.2, 0) is 47.9 Å². The van der Waals surface area contributed by atoms with Gasteiger partial charge >= 0.3 is 0 Å². The molecule has 0 aromatic heterocycles. The Hall–Kier alpha value is -6.81. The third-order valence-electron chi connectivity index (χ3n) is 13.5. The van der Waals surface area contributed by atoms with Gasteiger partial charge in [-0.15, -0.1) is 0 Å². The number of rotatable bonds is 14. The largest absolute Gasteiger partial charge is 0.378 e. The fraction of sp³-hybridized carbons (Fsp3) is 0.685. The van der Waals surface area contributed by atoms with E-state index in [0.29, 0.717) is 31.4 Å². The molecule has 2 heterocycles. The highest BCUT2D eigenvalue weighted by atomic mass is 16.2. The van der Waals surface area contributed by atoms with Gasteiger partial charge in [0.25, 0.3) is 5.91 Å². The number of amides is 10. The molecule has 1 aromatic rings. The lowest BCUT2D eigenvalue weighted by Crippen LogP contribution is -2.64. The second-order valence-electron chi connectivity index (χ2n) is 22.9. The maximum absolute atomic E-state index is 14.3. The molecule has 10 amide bonds. The number of primary amides is 1. The summed E-state index contributed by atoms with van der Waals surface area (Å²) in [5.74, 6) is -7.42. The molecule has 23 nitrogen and oxygen atoms in total. The van der Waals surface area contributed by atoms with Crippen molar-refractivity contribution in [3.05, 3.63) is 24.3 Å². The number of nitrogens with one attached hydrogen (secondary N) is 9. The van der Waals surface area contributed by atoms with E-state index >= 15 is 0 Å². The summed E-state index contributed by atoms with van der Waals surface area (Å²) in [7, 11) is 3.79. The second-order valence-corrected chi connectivity index (χ2v) is 22.9. The minimum absolute atomic E-state index is 0.0200. The van der Waals surface area contributed by atoms with Crippen molar-refractivity contribution in [1.29, 1.82) is 0 Å². The Labute approximate surface area is 454 Å². The zero-order chi connectivity index (χ0) is 58.1. The molecule has 1 aromatic carbocycles. The number of carbonyl (C=O) groups is 10. The summed E-state index contributed by atoms with van der Waals surface area (Å²) in [6.07, 6.45) is 1.69. The van der Waals surface area contributed by atoms with Gasteiger partial charge in [0, 0.05) is 46.2 Å². The molecule has 23 heteroatoms. The lowest BCUT2D eigenvalue weighted by molar-refractivity contribution is -0.138. The molecule has 2 aliphatic rings. The Morgan fingerprint density at radius 3 is 1.92 bits per heavy atom. The third kappa shape index (κ3) is 19.3. The van der Waals surface area contributed by atoms with E-state index < -0.39 is 112 Å². The third-order valence-corrected chi connectivity index (χ3v) is 13.5. The maximum Gasteiger partial charge on any atom is 0.267 e. The van der Waals surface area contributed by atoms with Gasteiger partial charge in [0.05, 0.1) is 5.69 Å². The molecular weight excluding hydrogens is 991 g/mol. The first-order valence-electron chi connectivity index (χ1n) is 27.0. The molecule has 1 unspecified atom stereocenters. The van der Waals surface area contributed by atoms with Crippen LogP contribution in [-0.4, -0.2) is 139 Å². The van der Waals surface area contributed by atoms with Gasteiger partial charge in [-0.05, 0) is 120 Å². The van der Waals surface area contributed by atoms with Crippen LogP contribution in [0.25, 0.3) is 0 Å². The molecule has 0 spiro atoms. The van der Waals surface area contributed by atoms with Crippen molar-refractivity contribution in [3.8, 4) is 0 Å². The zero-order valence-electron chi connectivity index (χ0n) is 47.9. The summed E-state index contributed by atoms with van der Waals surface area (Å²) in [6.45, 7) is 20.4. The number of hydrazone groups is 1. The molecular formula is C54H89N13O10. The van der Waals surface area contributed by atoms with Crippen molar-refractivity contribution in [2.45, 2.75) is 188 Å². The first-order chi connectivity index (χ1) is 35.9. The van der Waals surface area contributed by atoms with Crippen LogP contribution in [0.1, 0.15) is 141 Å². The van der Waals surface area contributed by atoms with E-state index in [1.165, 1.54) is 25.8 Å². The number of benzene rings is 1. The molecule has 430 valence electrons. The Balaban J connectivity index is 2.10. The zero-order valence-corrected chi connectivity index (χ0v) is 47.9. The van der Waals surface area contributed by atoms with E-state index in [0.717, 1.165) is 5.69 Å². The van der Waals surface area contributed by atoms with E-state index in [1.54, 1.807) is 46.8 Å². The smallest absolute Gasteiger partial charge is 0.267 e. The molecule has 2 bridgehead atoms. The number of carbonyl (C=O) groups excluding carboxylic acids is 10. The molecule has 7 atom stereocenters. The Bertz CT molecular complexity index is 2300. The van der Waals surface area contributed by atoms with Crippen molar-refractivity contribution < 1.29 is 47.9 Å². The predicted octanol–water partition coefficient (Wildman–Crippen LogP) is 1.38. The normalized spacial score (nSPS) is 23.7. The average Bonchev–Trinajstić information content (AvgIpc) is 3.70. The van der Waals surface area contributed by atoms with E-state index in [-0.39, 0.29) is 68.7 Å². The molecule has 0 aliphatic carbocycles. The van der Waals surface area contributed by atoms with Gasteiger partial charge in [-0.3, -0.25) is 47.9 Å². The van der Waals surface area contributed by atoms with Crippen LogP contribution >= 0.6 is 0 Å². The van der Waals surface area contributed by atoms with Crippen LogP contribution in [0.4, 0.5) is 11.4 Å². The van der Waals surface area contributed by atoms with Crippen molar-refractivity contribution in [3.63, 3.8) is 0 Å². The lowest BCUT2D eigenvalue weighted by Gasteiger charge is -2.33. The first kappa shape index (κ1) is 64.5. The summed E-state index contributed by atoms with van der Waals surface area (Å²) in [6, 6.07) is 0.444. The molecule has 2 aliphatic heterocycles. The van der Waals surface area contributed by atoms with Crippen LogP contribution in [0.3, 0.4) is 0 Å². The minimum atomic E-state index is -1.67. The van der Waals surface area contributed by atoms with Crippen LogP contribution in [0.15, 0.2) is 29.4 Å². The molecule has 0 saturated carbocycles. The lowest BCUT2D eigenvalue weighted by atomic mass is 9.93. The van der Waals surface area contributed by atoms with Gasteiger partial charge in [-0.2, -0.15) is 5.10 Å².